The number of rotatable bonds is 3. The normalized spacial score (nSPS) is 17.9. The zero-order valence-corrected chi connectivity index (χ0v) is 12.7. The molecule has 1 heterocycles. The number of ether oxygens (including phenoxy) is 1. The summed E-state index contributed by atoms with van der Waals surface area (Å²) in [5.41, 5.74) is 1.64. The van der Waals surface area contributed by atoms with Crippen molar-refractivity contribution >= 4 is 25.7 Å². The van der Waals surface area contributed by atoms with E-state index >= 15 is 0 Å². The Balaban J connectivity index is 1.97. The van der Waals surface area contributed by atoms with E-state index in [1.165, 1.54) is 0 Å². The second kappa shape index (κ2) is 5.70. The molecule has 0 saturated carbocycles. The van der Waals surface area contributed by atoms with E-state index in [9.17, 15) is 6.14 Å². The van der Waals surface area contributed by atoms with Crippen molar-refractivity contribution in [1.29, 1.82) is 0 Å². The molecule has 3 rings (SSSR count). The van der Waals surface area contributed by atoms with Crippen molar-refractivity contribution in [1.82, 2.24) is 0 Å². The summed E-state index contributed by atoms with van der Waals surface area (Å²) in [4.78, 5) is 4.51. The van der Waals surface area contributed by atoms with Crippen molar-refractivity contribution in [2.75, 3.05) is 6.61 Å². The van der Waals surface area contributed by atoms with Crippen LogP contribution in [-0.4, -0.2) is 12.5 Å². The first kappa shape index (κ1) is 13.2. The molecule has 5 heteroatoms. The SMILES string of the molecule is O=I(=O)c1ccccc1C1=N[C@H](c2ccccc2)CO1. The van der Waals surface area contributed by atoms with Gasteiger partial charge in [0.25, 0.3) is 0 Å². The molecule has 4 nitrogen and oxygen atoms in total. The Kier molecular flexibility index (Phi) is 3.77. The van der Waals surface area contributed by atoms with Crippen LogP contribution in [0.3, 0.4) is 0 Å². The molecule has 1 aliphatic rings. The summed E-state index contributed by atoms with van der Waals surface area (Å²) in [6.07, 6.45) is 0. The molecule has 20 heavy (non-hydrogen) atoms. The minimum absolute atomic E-state index is 0.0696. The maximum absolute atomic E-state index is 11.3. The van der Waals surface area contributed by atoms with Gasteiger partial charge in [-0.15, -0.1) is 0 Å². The van der Waals surface area contributed by atoms with Gasteiger partial charge in [0.2, 0.25) is 5.90 Å². The molecule has 2 aromatic rings. The molecule has 0 unspecified atom stereocenters. The molecular weight excluding hydrogens is 369 g/mol. The highest BCUT2D eigenvalue weighted by Crippen LogP contribution is 2.28. The monoisotopic (exact) mass is 381 g/mol. The van der Waals surface area contributed by atoms with Crippen LogP contribution in [0, 0.1) is 3.57 Å². The van der Waals surface area contributed by atoms with Crippen molar-refractivity contribution in [3.05, 3.63) is 69.3 Å². The number of hydrogen-bond acceptors (Lipinski definition) is 4. The van der Waals surface area contributed by atoms with Gasteiger partial charge in [-0.1, -0.05) is 42.5 Å². The van der Waals surface area contributed by atoms with E-state index in [-0.39, 0.29) is 6.04 Å². The van der Waals surface area contributed by atoms with Crippen LogP contribution in [0.1, 0.15) is 17.2 Å². The van der Waals surface area contributed by atoms with Crippen LogP contribution >= 0.6 is 19.8 Å². The highest BCUT2D eigenvalue weighted by molar-refractivity contribution is 14.2. The van der Waals surface area contributed by atoms with Gasteiger partial charge in [0, 0.05) is 0 Å². The summed E-state index contributed by atoms with van der Waals surface area (Å²) in [6, 6.07) is 16.6. The van der Waals surface area contributed by atoms with Gasteiger partial charge in [-0.05, 0) is 17.7 Å². The van der Waals surface area contributed by atoms with Gasteiger partial charge in [-0.3, -0.25) is 0 Å². The summed E-state index contributed by atoms with van der Waals surface area (Å²) >= 11 is -3.55. The van der Waals surface area contributed by atoms with Gasteiger partial charge in [0.15, 0.2) is 0 Å². The predicted octanol–water partition coefficient (Wildman–Crippen LogP) is 3.57. The van der Waals surface area contributed by atoms with Crippen LogP contribution in [0.15, 0.2) is 59.6 Å². The fourth-order valence-corrected chi connectivity index (χ4v) is 3.52. The third-order valence-corrected chi connectivity index (χ3v) is 5.00. The molecule has 0 saturated heterocycles. The number of hydrogen-bond donors (Lipinski definition) is 0. The molecule has 2 aromatic carbocycles. The maximum atomic E-state index is 11.3. The average molecular weight is 381 g/mol. The molecule has 0 spiro atoms. The summed E-state index contributed by atoms with van der Waals surface area (Å²) < 4.78 is 28.6. The van der Waals surface area contributed by atoms with Crippen LogP contribution < -0.4 is 0 Å². The lowest BCUT2D eigenvalue weighted by atomic mass is 10.1. The van der Waals surface area contributed by atoms with E-state index < -0.39 is 19.8 Å². The van der Waals surface area contributed by atoms with Gasteiger partial charge >= 0.3 is 19.8 Å². The smallest absolute Gasteiger partial charge is 0.341 e. The highest BCUT2D eigenvalue weighted by Gasteiger charge is 2.24. The summed E-state index contributed by atoms with van der Waals surface area (Å²) in [6.45, 7) is 0.444. The van der Waals surface area contributed by atoms with Crippen LogP contribution in [0.25, 0.3) is 0 Å². The Morgan fingerprint density at radius 3 is 2.45 bits per heavy atom. The van der Waals surface area contributed by atoms with Gasteiger partial charge in [-0.2, -0.15) is 0 Å². The molecule has 0 amide bonds. The first-order valence-corrected chi connectivity index (χ1v) is 9.00. The van der Waals surface area contributed by atoms with Crippen molar-refractivity contribution in [2.45, 2.75) is 6.04 Å². The Morgan fingerprint density at radius 2 is 1.70 bits per heavy atom. The Bertz CT molecular complexity index is 715. The van der Waals surface area contributed by atoms with Crippen molar-refractivity contribution in [3.63, 3.8) is 0 Å². The van der Waals surface area contributed by atoms with E-state index in [0.717, 1.165) is 5.56 Å². The summed E-state index contributed by atoms with van der Waals surface area (Å²) in [5.74, 6) is 0.420. The highest BCUT2D eigenvalue weighted by atomic mass is 127. The third-order valence-electron chi connectivity index (χ3n) is 3.11. The van der Waals surface area contributed by atoms with Crippen molar-refractivity contribution in [3.8, 4) is 0 Å². The molecule has 0 bridgehead atoms. The number of benzene rings is 2. The molecule has 0 radical (unpaired) electrons. The fourth-order valence-electron chi connectivity index (χ4n) is 2.14. The molecule has 0 N–H and O–H groups in total. The molecule has 1 atom stereocenters. The number of nitrogens with zero attached hydrogens (tertiary/aromatic N) is 1. The predicted molar refractivity (Wildman–Crippen MR) is 82.2 cm³/mol. The molecule has 0 aliphatic carbocycles. The number of halogens is 1. The van der Waals surface area contributed by atoms with E-state index in [0.29, 0.717) is 21.6 Å². The summed E-state index contributed by atoms with van der Waals surface area (Å²) in [7, 11) is 0. The molecule has 102 valence electrons. The van der Waals surface area contributed by atoms with Gasteiger partial charge in [0.05, 0.1) is 9.13 Å². The molecule has 0 aromatic heterocycles. The molecular formula is C15H12INO3. The quantitative estimate of drug-likeness (QED) is 0.764. The van der Waals surface area contributed by atoms with E-state index in [4.69, 9.17) is 4.74 Å². The Morgan fingerprint density at radius 1 is 1.00 bits per heavy atom. The van der Waals surface area contributed by atoms with E-state index in [1.807, 2.05) is 30.3 Å². The molecule has 0 fully saturated rings. The minimum Gasteiger partial charge on any atom is -0.475 e. The Hall–Kier alpha value is -1.76. The topological polar surface area (TPSA) is 55.7 Å². The second-order valence-electron chi connectivity index (χ2n) is 4.37. The first-order valence-electron chi connectivity index (χ1n) is 6.16. The van der Waals surface area contributed by atoms with Crippen LogP contribution in [0.4, 0.5) is 0 Å². The van der Waals surface area contributed by atoms with E-state index in [1.54, 1.807) is 24.3 Å². The van der Waals surface area contributed by atoms with Crippen LogP contribution in [0.2, 0.25) is 0 Å². The van der Waals surface area contributed by atoms with Gasteiger partial charge < -0.3 is 4.74 Å². The van der Waals surface area contributed by atoms with Crippen molar-refractivity contribution < 1.29 is 10.9 Å². The lowest BCUT2D eigenvalue weighted by Crippen LogP contribution is -2.03. The second-order valence-corrected chi connectivity index (χ2v) is 6.77. The minimum atomic E-state index is -3.55. The van der Waals surface area contributed by atoms with Crippen LogP contribution in [-0.2, 0) is 10.9 Å². The standard InChI is InChI=1S/C15H12INO3/c18-16(19)13-9-5-4-8-12(13)15-17-14(10-20-15)11-6-2-1-3-7-11/h1-9,14H,10H2/t14-/m0/s1. The van der Waals surface area contributed by atoms with Crippen LogP contribution in [0.5, 0.6) is 0 Å². The first-order chi connectivity index (χ1) is 9.75. The summed E-state index contributed by atoms with van der Waals surface area (Å²) in [5, 5.41) is 0. The zero-order valence-electron chi connectivity index (χ0n) is 10.5. The maximum Gasteiger partial charge on any atom is 0.341 e. The number of aliphatic imine (C=N–C) groups is 1. The fraction of sp³-hybridized carbons (Fsp3) is 0.133. The van der Waals surface area contributed by atoms with Gasteiger partial charge in [0.1, 0.15) is 12.6 Å². The molecule has 1 aliphatic heterocycles. The lowest BCUT2D eigenvalue weighted by Gasteiger charge is -2.03. The lowest BCUT2D eigenvalue weighted by molar-refractivity contribution is 0.319. The van der Waals surface area contributed by atoms with Crippen molar-refractivity contribution in [2.24, 2.45) is 4.99 Å². The zero-order chi connectivity index (χ0) is 13.9. The van der Waals surface area contributed by atoms with E-state index in [2.05, 4.69) is 4.99 Å². The van der Waals surface area contributed by atoms with Gasteiger partial charge in [-0.25, -0.2) is 11.1 Å². The largest absolute Gasteiger partial charge is 0.475 e. The third kappa shape index (κ3) is 2.58. The average Bonchev–Trinajstić information content (AvgIpc) is 2.98. The Labute approximate surface area is 123 Å².